The molecule has 0 bridgehead atoms. The summed E-state index contributed by atoms with van der Waals surface area (Å²) in [5, 5.41) is 37.0. The SMILES string of the molecule is C=C(C)[C@@H]1CC[C@]2(C(=O)SCCNC(=O)CCNC(=O)C(O)C(C)(C)COP(=O)(O)OP(=O)(O)OCC3OC(n4cnc5c(N)ncnc54)C(O)C3OP(=O)(O)O)CC[C@]3(C)[C@H](CC[C@@H]4[C@@]5(C)CC[C@H](OC(=O)CC(C)(C)C(=O)O)C(C)(C)[C@@H]5CC[C@]43C)[C@@H]12. The van der Waals surface area contributed by atoms with Crippen LogP contribution in [0, 0.1) is 67.5 Å². The zero-order valence-corrected chi connectivity index (χ0v) is 55.7. The summed E-state index contributed by atoms with van der Waals surface area (Å²) in [5.74, 6) is -1.33. The zero-order valence-electron chi connectivity index (χ0n) is 52.2. The first-order valence-corrected chi connectivity index (χ1v) is 35.7. The number of phosphoric acid groups is 3. The van der Waals surface area contributed by atoms with Gasteiger partial charge in [0.25, 0.3) is 0 Å². The molecule has 1 aliphatic heterocycles. The molecule has 5 saturated carbocycles. The highest BCUT2D eigenvalue weighted by atomic mass is 32.2. The molecule has 17 atom stereocenters. The van der Waals surface area contributed by atoms with Crippen LogP contribution in [-0.2, 0) is 65.0 Å². The molecular formula is C57H90N7O21P3S. The number of nitrogens with one attached hydrogen (secondary N) is 2. The molecule has 2 aromatic heterocycles. The maximum Gasteiger partial charge on any atom is 0.481 e. The fraction of sp³-hybridized carbons (Fsp3) is 0.789. The fourth-order valence-corrected chi connectivity index (χ4v) is 20.6. The van der Waals surface area contributed by atoms with E-state index in [0.717, 1.165) is 80.6 Å². The number of imidazole rings is 1. The number of aliphatic hydroxyl groups excluding tert-OH is 2. The molecule has 6 fully saturated rings. The van der Waals surface area contributed by atoms with Gasteiger partial charge in [0.2, 0.25) is 11.8 Å². The maximum atomic E-state index is 14.8. The van der Waals surface area contributed by atoms with E-state index in [2.05, 4.69) is 78.0 Å². The molecule has 8 rings (SSSR count). The van der Waals surface area contributed by atoms with Crippen LogP contribution < -0.4 is 16.4 Å². The van der Waals surface area contributed by atoms with Crippen molar-refractivity contribution in [2.24, 2.45) is 67.5 Å². The number of ether oxygens (including phenoxy) is 2. The molecule has 0 aromatic carbocycles. The van der Waals surface area contributed by atoms with Crippen LogP contribution in [0.25, 0.3) is 11.2 Å². The third-order valence-electron chi connectivity index (χ3n) is 21.6. The predicted octanol–water partition coefficient (Wildman–Crippen LogP) is 6.74. The number of carbonyl (C=O) groups is 5. The van der Waals surface area contributed by atoms with Gasteiger partial charge in [-0.2, -0.15) is 4.31 Å². The Hall–Kier alpha value is -3.76. The number of phosphoric ester groups is 3. The van der Waals surface area contributed by atoms with Crippen molar-refractivity contribution >= 4 is 81.1 Å². The molecule has 6 aliphatic rings. The Kier molecular flexibility index (Phi) is 20.7. The summed E-state index contributed by atoms with van der Waals surface area (Å²) in [6.07, 6.45) is 1.42. The molecule has 7 unspecified atom stereocenters. The van der Waals surface area contributed by atoms with Gasteiger partial charge in [0.15, 0.2) is 22.8 Å². The van der Waals surface area contributed by atoms with E-state index in [9.17, 15) is 72.6 Å². The second-order valence-corrected chi connectivity index (χ2v) is 33.6. The summed E-state index contributed by atoms with van der Waals surface area (Å²) in [6, 6.07) is 0. The van der Waals surface area contributed by atoms with E-state index in [0.29, 0.717) is 29.9 Å². The number of rotatable bonds is 25. The number of nitrogen functional groups attached to an aromatic ring is 1. The van der Waals surface area contributed by atoms with Gasteiger partial charge in [-0.15, -0.1) is 0 Å². The Labute approximate surface area is 522 Å². The first-order chi connectivity index (χ1) is 41.1. The summed E-state index contributed by atoms with van der Waals surface area (Å²) in [5.41, 5.74) is 3.20. The van der Waals surface area contributed by atoms with Gasteiger partial charge in [0.05, 0.1) is 31.4 Å². The molecule has 5 aliphatic carbocycles. The number of carboxylic acids is 1. The van der Waals surface area contributed by atoms with Crippen LogP contribution >= 0.6 is 35.2 Å². The highest BCUT2D eigenvalue weighted by Crippen LogP contribution is 2.78. The lowest BCUT2D eigenvalue weighted by atomic mass is 9.32. The minimum Gasteiger partial charge on any atom is -0.481 e. The van der Waals surface area contributed by atoms with Crippen LogP contribution in [0.5, 0.6) is 0 Å². The standard InChI is InChI=1S/C57H90N7O21P3S/c1-31(2)32-14-20-57(22-21-55(10)33(40(32)57)12-13-36-54(9)18-16-37(83-39(66)26-51(3,4)49(70)71)53(7,8)35(54)15-19-56(36,55)11)50(72)89-25-24-59-38(65)17-23-60-47(69)44(68)52(5,6)28-81-88(78,79)85-87(76,77)80-27-34-43(84-86(73,74)75)42(67)48(82-34)64-30-63-41-45(58)61-29-62-46(41)64/h29-30,32-37,40,42-44,48,67-68H,1,12-28H2,2-11H3,(H,59,65)(H,60,69)(H,70,71)(H,76,77)(H,78,79)(H2,58,61,62)(H2,73,74,75)/t32-,33+,34?,35-,36+,37-,40+,42?,43?,44?,48?,54-,55+,56+,57-/m0/s1. The van der Waals surface area contributed by atoms with Gasteiger partial charge in [-0.1, -0.05) is 72.4 Å². The highest BCUT2D eigenvalue weighted by Gasteiger charge is 2.72. The number of carbonyl (C=O) groups excluding carboxylic acids is 4. The predicted molar refractivity (Wildman–Crippen MR) is 322 cm³/mol. The van der Waals surface area contributed by atoms with E-state index >= 15 is 0 Å². The summed E-state index contributed by atoms with van der Waals surface area (Å²) >= 11 is 1.25. The van der Waals surface area contributed by atoms with Crippen molar-refractivity contribution in [3.05, 3.63) is 24.8 Å². The third kappa shape index (κ3) is 14.2. The monoisotopic (exact) mass is 1330 g/mol. The fourth-order valence-electron chi connectivity index (χ4n) is 16.7. The van der Waals surface area contributed by atoms with Gasteiger partial charge in [0, 0.05) is 41.5 Å². The van der Waals surface area contributed by atoms with E-state index in [1.54, 1.807) is 13.8 Å². The Bertz CT molecular complexity index is 3200. The molecule has 11 N–H and O–H groups in total. The molecule has 32 heteroatoms. The van der Waals surface area contributed by atoms with Gasteiger partial charge in [-0.25, -0.2) is 28.6 Å². The second kappa shape index (κ2) is 25.9. The summed E-state index contributed by atoms with van der Waals surface area (Å²) in [7, 11) is -16.5. The number of fused-ring (bicyclic) bond motifs is 8. The lowest BCUT2D eigenvalue weighted by Crippen LogP contribution is -2.67. The highest BCUT2D eigenvalue weighted by molar-refractivity contribution is 8.13. The molecule has 2 amide bonds. The lowest BCUT2D eigenvalue weighted by Gasteiger charge is -2.72. The van der Waals surface area contributed by atoms with Gasteiger partial charge >= 0.3 is 35.4 Å². The Morgan fingerprint density at radius 3 is 2.22 bits per heavy atom. The Morgan fingerprint density at radius 2 is 1.56 bits per heavy atom. The third-order valence-corrected chi connectivity index (χ3v) is 25.8. The Balaban J connectivity index is 0.786. The molecule has 89 heavy (non-hydrogen) atoms. The van der Waals surface area contributed by atoms with Crippen molar-refractivity contribution in [3.63, 3.8) is 0 Å². The number of aliphatic hydroxyl groups is 2. The van der Waals surface area contributed by atoms with Gasteiger partial charge in [-0.3, -0.25) is 42.1 Å². The van der Waals surface area contributed by atoms with Crippen LogP contribution in [0.4, 0.5) is 5.82 Å². The van der Waals surface area contributed by atoms with Gasteiger partial charge < -0.3 is 60.7 Å². The first kappa shape index (κ1) is 71.1. The molecule has 0 spiro atoms. The number of nitrogens with two attached hydrogens (primary N) is 1. The van der Waals surface area contributed by atoms with Crippen LogP contribution in [0.2, 0.25) is 0 Å². The van der Waals surface area contributed by atoms with Crippen molar-refractivity contribution in [2.75, 3.05) is 37.8 Å². The van der Waals surface area contributed by atoms with E-state index in [4.69, 9.17) is 28.8 Å². The number of carboxylic acid groups (broad SMARTS) is 1. The number of nitrogens with zero attached hydrogens (tertiary/aromatic N) is 4. The van der Waals surface area contributed by atoms with Crippen molar-refractivity contribution in [2.45, 2.75) is 183 Å². The van der Waals surface area contributed by atoms with Crippen molar-refractivity contribution in [1.82, 2.24) is 30.2 Å². The van der Waals surface area contributed by atoms with E-state index < -0.39 is 107 Å². The smallest absolute Gasteiger partial charge is 0.481 e. The van der Waals surface area contributed by atoms with Gasteiger partial charge in [-0.05, 0) is 131 Å². The van der Waals surface area contributed by atoms with Crippen LogP contribution in [0.3, 0.4) is 0 Å². The summed E-state index contributed by atoms with van der Waals surface area (Å²) in [4.78, 5) is 118. The number of hydrogen-bond acceptors (Lipinski definition) is 21. The molecule has 28 nitrogen and oxygen atoms in total. The molecule has 3 heterocycles. The molecule has 0 radical (unpaired) electrons. The zero-order chi connectivity index (χ0) is 66.0. The van der Waals surface area contributed by atoms with Crippen LogP contribution in [0.1, 0.15) is 153 Å². The van der Waals surface area contributed by atoms with Crippen molar-refractivity contribution < 1.29 is 99.9 Å². The largest absolute Gasteiger partial charge is 0.481 e. The number of aliphatic carboxylic acids is 1. The number of aromatic nitrogens is 4. The van der Waals surface area contributed by atoms with E-state index in [-0.39, 0.29) is 87.6 Å². The van der Waals surface area contributed by atoms with E-state index in [1.165, 1.54) is 25.6 Å². The topological polar surface area (TPSA) is 427 Å². The van der Waals surface area contributed by atoms with Crippen LogP contribution in [0.15, 0.2) is 24.8 Å². The summed E-state index contributed by atoms with van der Waals surface area (Å²) in [6.45, 7) is 22.0. The second-order valence-electron chi connectivity index (χ2n) is 28.3. The summed E-state index contributed by atoms with van der Waals surface area (Å²) < 4.78 is 69.4. The lowest BCUT2D eigenvalue weighted by molar-refractivity contribution is -0.248. The minimum absolute atomic E-state index is 0.0102. The molecule has 2 aromatic rings. The number of thioether (sulfide) groups is 1. The average Bonchev–Trinajstić information content (AvgIpc) is 1.51. The first-order valence-electron chi connectivity index (χ1n) is 30.2. The normalized spacial score (nSPS) is 34.3. The quantitative estimate of drug-likeness (QED) is 0.0213. The number of esters is 1. The Morgan fingerprint density at radius 1 is 0.876 bits per heavy atom. The molecule has 500 valence electrons. The molecular weight excluding hydrogens is 1240 g/mol. The average molecular weight is 1330 g/mol. The van der Waals surface area contributed by atoms with Crippen molar-refractivity contribution in [1.29, 1.82) is 0 Å². The van der Waals surface area contributed by atoms with Crippen LogP contribution in [-0.4, -0.2) is 146 Å². The van der Waals surface area contributed by atoms with Crippen molar-refractivity contribution in [3.8, 4) is 0 Å². The minimum atomic E-state index is -5.63. The number of allylic oxidation sites excluding steroid dienone is 1. The number of amides is 2. The number of anilines is 1. The maximum absolute atomic E-state index is 14.8. The van der Waals surface area contributed by atoms with Gasteiger partial charge in [0.1, 0.15) is 42.4 Å². The van der Waals surface area contributed by atoms with E-state index in [1.807, 2.05) is 0 Å². The molecule has 1 saturated heterocycles. The number of hydrogen-bond donors (Lipinski definition) is 10.